The van der Waals surface area contributed by atoms with Crippen LogP contribution in [0.2, 0.25) is 0 Å². The van der Waals surface area contributed by atoms with Gasteiger partial charge in [0, 0.05) is 24.0 Å². The number of hydrogen-bond donors (Lipinski definition) is 0. The third-order valence-electron chi connectivity index (χ3n) is 5.35. The fourth-order valence-electron chi connectivity index (χ4n) is 3.80. The van der Waals surface area contributed by atoms with E-state index in [0.717, 1.165) is 22.6 Å². The predicted octanol–water partition coefficient (Wildman–Crippen LogP) is 4.00. The molecule has 0 atom stereocenters. The van der Waals surface area contributed by atoms with Crippen LogP contribution in [0.1, 0.15) is 37.6 Å². The molecule has 1 aliphatic rings. The molecule has 7 heteroatoms. The summed E-state index contributed by atoms with van der Waals surface area (Å²) in [5.41, 5.74) is 2.76. The second kappa shape index (κ2) is 7.98. The third-order valence-corrected chi connectivity index (χ3v) is 5.35. The molecule has 1 aliphatic heterocycles. The smallest absolute Gasteiger partial charge is 0.247 e. The topological polar surface area (TPSA) is 61.5 Å². The van der Waals surface area contributed by atoms with Crippen molar-refractivity contribution in [1.29, 1.82) is 0 Å². The second-order valence-corrected chi connectivity index (χ2v) is 8.56. The zero-order chi connectivity index (χ0) is 22.2. The second-order valence-electron chi connectivity index (χ2n) is 8.56. The van der Waals surface area contributed by atoms with Crippen LogP contribution in [0.5, 0.6) is 11.5 Å². The Morgan fingerprint density at radius 1 is 1.06 bits per heavy atom. The van der Waals surface area contributed by atoms with E-state index in [9.17, 15) is 4.79 Å². The molecule has 0 unspecified atom stereocenters. The number of amides is 1. The van der Waals surface area contributed by atoms with Gasteiger partial charge >= 0.3 is 0 Å². The van der Waals surface area contributed by atoms with Gasteiger partial charge in [-0.25, -0.2) is 4.68 Å². The van der Waals surface area contributed by atoms with Gasteiger partial charge in [0.25, 0.3) is 0 Å². The van der Waals surface area contributed by atoms with Gasteiger partial charge in [-0.3, -0.25) is 4.79 Å². The molecule has 2 aromatic heterocycles. The van der Waals surface area contributed by atoms with Crippen LogP contribution < -0.4 is 9.47 Å². The van der Waals surface area contributed by atoms with Crippen molar-refractivity contribution in [1.82, 2.24) is 19.2 Å². The Labute approximate surface area is 182 Å². The van der Waals surface area contributed by atoms with E-state index in [0.29, 0.717) is 24.6 Å². The minimum absolute atomic E-state index is 0.0476. The van der Waals surface area contributed by atoms with Gasteiger partial charge < -0.3 is 18.9 Å². The summed E-state index contributed by atoms with van der Waals surface area (Å²) >= 11 is 0. The number of hydrogen-bond acceptors (Lipinski definition) is 4. The predicted molar refractivity (Wildman–Crippen MR) is 119 cm³/mol. The van der Waals surface area contributed by atoms with Crippen molar-refractivity contribution in [3.8, 4) is 17.3 Å². The summed E-state index contributed by atoms with van der Waals surface area (Å²) in [6, 6.07) is 9.56. The number of ether oxygens (including phenoxy) is 2. The summed E-state index contributed by atoms with van der Waals surface area (Å²) in [5, 5.41) is 4.86. The number of benzene rings is 1. The molecule has 3 heterocycles. The van der Waals surface area contributed by atoms with Crippen LogP contribution in [0.25, 0.3) is 11.9 Å². The number of carbonyl (C=O) groups is 1. The Morgan fingerprint density at radius 3 is 2.42 bits per heavy atom. The van der Waals surface area contributed by atoms with Crippen LogP contribution in [0.4, 0.5) is 0 Å². The summed E-state index contributed by atoms with van der Waals surface area (Å²) in [6.45, 7) is 7.45. The molecule has 162 valence electrons. The van der Waals surface area contributed by atoms with E-state index < -0.39 is 0 Å². The molecule has 0 saturated heterocycles. The molecule has 0 bridgehead atoms. The first-order chi connectivity index (χ1) is 14.8. The van der Waals surface area contributed by atoms with Gasteiger partial charge in [-0.15, -0.1) is 0 Å². The minimum Gasteiger partial charge on any atom is -0.493 e. The number of aromatic nitrogens is 3. The highest BCUT2D eigenvalue weighted by molar-refractivity contribution is 5.92. The van der Waals surface area contributed by atoms with Crippen LogP contribution in [-0.2, 0) is 23.4 Å². The average Bonchev–Trinajstić information content (AvgIpc) is 3.46. The monoisotopic (exact) mass is 420 g/mol. The molecular formula is C24H28N4O3. The Bertz CT molecular complexity index is 1120. The van der Waals surface area contributed by atoms with Crippen LogP contribution in [0.3, 0.4) is 0 Å². The molecule has 1 amide bonds. The Hall–Kier alpha value is -3.48. The largest absolute Gasteiger partial charge is 0.493 e. The molecule has 0 aliphatic carbocycles. The zero-order valence-electron chi connectivity index (χ0n) is 18.6. The number of rotatable bonds is 5. The standard InChI is InChI=1S/C24H28N4O3/c1-24(2,3)28-23(26-12-6-7-13-26)18-15-27(16-19(18)25-28)22(29)11-9-17-8-10-20(30-4)21(14-17)31-5/h6-14H,15-16H2,1-5H3/b11-9+. The summed E-state index contributed by atoms with van der Waals surface area (Å²) in [5.74, 6) is 2.26. The van der Waals surface area contributed by atoms with Crippen molar-refractivity contribution < 1.29 is 14.3 Å². The molecule has 0 spiro atoms. The summed E-state index contributed by atoms with van der Waals surface area (Å²) in [7, 11) is 3.19. The van der Waals surface area contributed by atoms with Crippen molar-refractivity contribution in [2.75, 3.05) is 14.2 Å². The molecule has 1 aromatic carbocycles. The Kier molecular flexibility index (Phi) is 5.35. The maximum absolute atomic E-state index is 12.9. The van der Waals surface area contributed by atoms with E-state index in [1.165, 1.54) is 0 Å². The molecule has 3 aromatic rings. The highest BCUT2D eigenvalue weighted by Gasteiger charge is 2.33. The SMILES string of the molecule is COc1ccc(/C=C/C(=O)N2Cc3nn(C(C)(C)C)c(-n4cccc4)c3C2)cc1OC. The van der Waals surface area contributed by atoms with E-state index in [1.54, 1.807) is 26.4 Å². The Balaban J connectivity index is 1.56. The fraction of sp³-hybridized carbons (Fsp3) is 0.333. The molecule has 7 nitrogen and oxygen atoms in total. The van der Waals surface area contributed by atoms with Gasteiger partial charge in [0.1, 0.15) is 5.82 Å². The molecule has 4 rings (SSSR count). The van der Waals surface area contributed by atoms with E-state index >= 15 is 0 Å². The van der Waals surface area contributed by atoms with Crippen LogP contribution in [-0.4, -0.2) is 39.4 Å². The van der Waals surface area contributed by atoms with Crippen molar-refractivity contribution >= 4 is 12.0 Å². The maximum Gasteiger partial charge on any atom is 0.247 e. The van der Waals surface area contributed by atoms with E-state index in [2.05, 4.69) is 30.0 Å². The van der Waals surface area contributed by atoms with Crippen molar-refractivity contribution in [3.05, 3.63) is 65.6 Å². The number of nitrogens with zero attached hydrogens (tertiary/aromatic N) is 4. The van der Waals surface area contributed by atoms with Gasteiger partial charge in [0.05, 0.1) is 38.5 Å². The molecule has 0 N–H and O–H groups in total. The van der Waals surface area contributed by atoms with E-state index in [1.807, 2.05) is 47.6 Å². The first-order valence-corrected chi connectivity index (χ1v) is 10.3. The van der Waals surface area contributed by atoms with Crippen molar-refractivity contribution in [3.63, 3.8) is 0 Å². The molecule has 0 fully saturated rings. The maximum atomic E-state index is 12.9. The lowest BCUT2D eigenvalue weighted by molar-refractivity contribution is -0.126. The summed E-state index contributed by atoms with van der Waals surface area (Å²) in [6.07, 6.45) is 7.42. The summed E-state index contributed by atoms with van der Waals surface area (Å²) < 4.78 is 14.7. The van der Waals surface area contributed by atoms with E-state index in [-0.39, 0.29) is 11.4 Å². The van der Waals surface area contributed by atoms with Crippen LogP contribution >= 0.6 is 0 Å². The van der Waals surface area contributed by atoms with Gasteiger partial charge in [-0.1, -0.05) is 6.07 Å². The first kappa shape index (κ1) is 20.8. The molecule has 0 radical (unpaired) electrons. The number of carbonyl (C=O) groups excluding carboxylic acids is 1. The molecular weight excluding hydrogens is 392 g/mol. The lowest BCUT2D eigenvalue weighted by atomic mass is 10.1. The minimum atomic E-state index is -0.161. The highest BCUT2D eigenvalue weighted by atomic mass is 16.5. The normalized spacial score (nSPS) is 13.6. The average molecular weight is 421 g/mol. The lowest BCUT2D eigenvalue weighted by Gasteiger charge is -2.24. The van der Waals surface area contributed by atoms with Crippen molar-refractivity contribution in [2.24, 2.45) is 0 Å². The zero-order valence-corrected chi connectivity index (χ0v) is 18.6. The van der Waals surface area contributed by atoms with Gasteiger partial charge in [-0.05, 0) is 56.7 Å². The molecule has 31 heavy (non-hydrogen) atoms. The van der Waals surface area contributed by atoms with Gasteiger partial charge in [-0.2, -0.15) is 5.10 Å². The third kappa shape index (κ3) is 3.95. The number of methoxy groups -OCH3 is 2. The Morgan fingerprint density at radius 2 is 1.77 bits per heavy atom. The highest BCUT2D eigenvalue weighted by Crippen LogP contribution is 2.32. The van der Waals surface area contributed by atoms with E-state index in [4.69, 9.17) is 14.6 Å². The lowest BCUT2D eigenvalue weighted by Crippen LogP contribution is -2.29. The quantitative estimate of drug-likeness (QED) is 0.586. The molecule has 0 saturated carbocycles. The first-order valence-electron chi connectivity index (χ1n) is 10.3. The van der Waals surface area contributed by atoms with Crippen molar-refractivity contribution in [2.45, 2.75) is 39.4 Å². The summed E-state index contributed by atoms with van der Waals surface area (Å²) in [4.78, 5) is 14.7. The van der Waals surface area contributed by atoms with Crippen LogP contribution in [0.15, 0.2) is 48.8 Å². The fourth-order valence-corrected chi connectivity index (χ4v) is 3.80. The van der Waals surface area contributed by atoms with Gasteiger partial charge in [0.2, 0.25) is 5.91 Å². The van der Waals surface area contributed by atoms with Gasteiger partial charge in [0.15, 0.2) is 11.5 Å². The van der Waals surface area contributed by atoms with Crippen LogP contribution in [0, 0.1) is 0 Å². The number of fused-ring (bicyclic) bond motifs is 1.